The number of Topliss-reactive ketones (excluding diaryl/α,β-unsaturated/α-hetero) is 1. The van der Waals surface area contributed by atoms with Crippen LogP contribution in [0.1, 0.15) is 36.2 Å². The van der Waals surface area contributed by atoms with Crippen molar-refractivity contribution >= 4 is 17.5 Å². The number of ether oxygens (including phenoxy) is 1. The molecule has 19 heavy (non-hydrogen) atoms. The summed E-state index contributed by atoms with van der Waals surface area (Å²) in [6.45, 7) is 0.716. The topological polar surface area (TPSA) is 39.2 Å². The molecular formula is C15H19NO2S. The number of hydrogen-bond donors (Lipinski definition) is 0. The van der Waals surface area contributed by atoms with Gasteiger partial charge in [-0.2, -0.15) is 11.8 Å². The molecule has 0 bridgehead atoms. The highest BCUT2D eigenvalue weighted by molar-refractivity contribution is 7.99. The molecular weight excluding hydrogens is 258 g/mol. The molecule has 0 radical (unpaired) electrons. The van der Waals surface area contributed by atoms with Crippen molar-refractivity contribution in [1.29, 1.82) is 0 Å². The number of rotatable bonds is 2. The molecule has 1 spiro atoms. The smallest absolute Gasteiger partial charge is 0.184 e. The van der Waals surface area contributed by atoms with Crippen LogP contribution < -0.4 is 0 Å². The van der Waals surface area contributed by atoms with Gasteiger partial charge in [0.15, 0.2) is 5.78 Å². The third-order valence-corrected chi connectivity index (χ3v) is 5.17. The van der Waals surface area contributed by atoms with Crippen molar-refractivity contribution in [2.24, 2.45) is 5.92 Å². The molecule has 0 amide bonds. The fourth-order valence-electron chi connectivity index (χ4n) is 3.06. The molecule has 0 aromatic carbocycles. The van der Waals surface area contributed by atoms with Crippen LogP contribution in [0, 0.1) is 5.92 Å². The maximum Gasteiger partial charge on any atom is 0.184 e. The molecule has 3 rings (SSSR count). The Kier molecular flexibility index (Phi) is 3.89. The first kappa shape index (κ1) is 13.1. The fraction of sp³-hybridized carbons (Fsp3) is 0.600. The predicted octanol–water partition coefficient (Wildman–Crippen LogP) is 2.96. The van der Waals surface area contributed by atoms with Crippen molar-refractivity contribution in [2.75, 3.05) is 18.1 Å². The predicted molar refractivity (Wildman–Crippen MR) is 76.5 cm³/mol. The Balaban J connectivity index is 1.73. The number of hydrogen-bond acceptors (Lipinski definition) is 4. The Hall–Kier alpha value is -0.870. The number of thioether (sulfide) groups is 1. The summed E-state index contributed by atoms with van der Waals surface area (Å²) in [6, 6.07) is 5.55. The summed E-state index contributed by atoms with van der Waals surface area (Å²) < 4.78 is 6.04. The molecule has 3 nitrogen and oxygen atoms in total. The minimum Gasteiger partial charge on any atom is -0.375 e. The molecule has 102 valence electrons. The number of pyridine rings is 1. The lowest BCUT2D eigenvalue weighted by atomic mass is 9.79. The van der Waals surface area contributed by atoms with E-state index in [0.717, 1.165) is 37.2 Å². The van der Waals surface area contributed by atoms with Crippen molar-refractivity contribution in [2.45, 2.75) is 31.3 Å². The molecule has 2 aliphatic rings. The van der Waals surface area contributed by atoms with Gasteiger partial charge < -0.3 is 4.74 Å². The molecule has 2 saturated heterocycles. The summed E-state index contributed by atoms with van der Waals surface area (Å²) in [7, 11) is 0. The Bertz CT molecular complexity index is 437. The van der Waals surface area contributed by atoms with Gasteiger partial charge in [-0.3, -0.25) is 9.78 Å². The number of nitrogens with zero attached hydrogens (tertiary/aromatic N) is 1. The summed E-state index contributed by atoms with van der Waals surface area (Å²) in [4.78, 5) is 16.7. The molecule has 0 N–H and O–H groups in total. The van der Waals surface area contributed by atoms with E-state index < -0.39 is 0 Å². The van der Waals surface area contributed by atoms with Crippen LogP contribution in [0.3, 0.4) is 0 Å². The van der Waals surface area contributed by atoms with Crippen LogP contribution in [-0.4, -0.2) is 34.5 Å². The summed E-state index contributed by atoms with van der Waals surface area (Å²) in [6.07, 6.45) is 5.58. The van der Waals surface area contributed by atoms with E-state index in [4.69, 9.17) is 4.74 Å². The van der Waals surface area contributed by atoms with E-state index >= 15 is 0 Å². The van der Waals surface area contributed by atoms with Crippen LogP contribution in [0.5, 0.6) is 0 Å². The average molecular weight is 277 g/mol. The zero-order valence-electron chi connectivity index (χ0n) is 11.0. The van der Waals surface area contributed by atoms with Crippen molar-refractivity contribution in [1.82, 2.24) is 4.98 Å². The molecule has 0 aliphatic carbocycles. The summed E-state index contributed by atoms with van der Waals surface area (Å²) in [5.41, 5.74) is 0.577. The van der Waals surface area contributed by atoms with Crippen LogP contribution in [0.4, 0.5) is 0 Å². The third-order valence-electron chi connectivity index (χ3n) is 4.19. The molecule has 2 fully saturated rings. The number of aromatic nitrogens is 1. The number of carbonyl (C=O) groups excluding carboxylic acids is 1. The van der Waals surface area contributed by atoms with Gasteiger partial charge in [0.1, 0.15) is 5.69 Å². The fourth-order valence-corrected chi connectivity index (χ4v) is 4.30. The number of ketones is 1. The van der Waals surface area contributed by atoms with E-state index in [1.807, 2.05) is 30.0 Å². The van der Waals surface area contributed by atoms with Gasteiger partial charge in [-0.25, -0.2) is 0 Å². The summed E-state index contributed by atoms with van der Waals surface area (Å²) in [5.74, 6) is 2.60. The van der Waals surface area contributed by atoms with Gasteiger partial charge in [0, 0.05) is 18.7 Å². The largest absolute Gasteiger partial charge is 0.375 e. The second-order valence-electron chi connectivity index (χ2n) is 5.41. The average Bonchev–Trinajstić information content (AvgIpc) is 2.48. The lowest BCUT2D eigenvalue weighted by Crippen LogP contribution is -2.44. The molecule has 0 saturated carbocycles. The van der Waals surface area contributed by atoms with E-state index in [-0.39, 0.29) is 17.3 Å². The molecule has 3 heterocycles. The van der Waals surface area contributed by atoms with Gasteiger partial charge in [0.2, 0.25) is 0 Å². The van der Waals surface area contributed by atoms with Crippen LogP contribution in [0.15, 0.2) is 24.4 Å². The first-order valence-electron chi connectivity index (χ1n) is 6.96. The molecule has 1 aromatic rings. The Morgan fingerprint density at radius 1 is 1.37 bits per heavy atom. The maximum absolute atomic E-state index is 12.5. The molecule has 1 atom stereocenters. The normalized spacial score (nSPS) is 26.2. The van der Waals surface area contributed by atoms with E-state index in [9.17, 15) is 4.79 Å². The van der Waals surface area contributed by atoms with E-state index in [0.29, 0.717) is 12.3 Å². The second-order valence-corrected chi connectivity index (χ2v) is 6.64. The van der Waals surface area contributed by atoms with Crippen molar-refractivity contribution in [3.63, 3.8) is 0 Å². The Labute approximate surface area is 118 Å². The standard InChI is InChI=1S/C15H19NO2S/c17-14(13-3-1-2-7-16-13)12-4-8-18-15(11-12)5-9-19-10-6-15/h1-3,7,12H,4-6,8-11H2. The lowest BCUT2D eigenvalue weighted by molar-refractivity contribution is -0.0960. The van der Waals surface area contributed by atoms with Crippen molar-refractivity contribution in [3.05, 3.63) is 30.1 Å². The second kappa shape index (κ2) is 5.63. The zero-order valence-corrected chi connectivity index (χ0v) is 11.8. The highest BCUT2D eigenvalue weighted by Crippen LogP contribution is 2.40. The first-order valence-corrected chi connectivity index (χ1v) is 8.12. The third kappa shape index (κ3) is 2.84. The molecule has 4 heteroatoms. The van der Waals surface area contributed by atoms with E-state index in [1.54, 1.807) is 6.20 Å². The quantitative estimate of drug-likeness (QED) is 0.779. The van der Waals surface area contributed by atoms with Crippen molar-refractivity contribution in [3.8, 4) is 0 Å². The molecule has 2 aliphatic heterocycles. The minimum atomic E-state index is -0.0292. The van der Waals surface area contributed by atoms with Crippen LogP contribution in [0.25, 0.3) is 0 Å². The SMILES string of the molecule is O=C(c1ccccn1)C1CCOC2(CCSCC2)C1. The number of carbonyl (C=O) groups is 1. The van der Waals surface area contributed by atoms with Crippen LogP contribution in [-0.2, 0) is 4.74 Å². The zero-order chi connectivity index (χ0) is 13.1. The van der Waals surface area contributed by atoms with Crippen LogP contribution in [0.2, 0.25) is 0 Å². The van der Waals surface area contributed by atoms with E-state index in [2.05, 4.69) is 4.98 Å². The molecule has 1 aromatic heterocycles. The minimum absolute atomic E-state index is 0.0292. The Morgan fingerprint density at radius 3 is 2.95 bits per heavy atom. The van der Waals surface area contributed by atoms with Gasteiger partial charge >= 0.3 is 0 Å². The van der Waals surface area contributed by atoms with Gasteiger partial charge in [0.25, 0.3) is 0 Å². The highest BCUT2D eigenvalue weighted by atomic mass is 32.2. The van der Waals surface area contributed by atoms with Gasteiger partial charge in [-0.15, -0.1) is 0 Å². The van der Waals surface area contributed by atoms with Gasteiger partial charge in [-0.05, 0) is 49.3 Å². The molecule has 1 unspecified atom stereocenters. The van der Waals surface area contributed by atoms with E-state index in [1.165, 1.54) is 0 Å². The van der Waals surface area contributed by atoms with Gasteiger partial charge in [0.05, 0.1) is 5.60 Å². The lowest BCUT2D eigenvalue weighted by Gasteiger charge is -2.42. The summed E-state index contributed by atoms with van der Waals surface area (Å²) >= 11 is 1.99. The Morgan fingerprint density at radius 2 is 2.21 bits per heavy atom. The highest BCUT2D eigenvalue weighted by Gasteiger charge is 2.41. The first-order chi connectivity index (χ1) is 9.29. The van der Waals surface area contributed by atoms with Crippen molar-refractivity contribution < 1.29 is 9.53 Å². The maximum atomic E-state index is 12.5. The van der Waals surface area contributed by atoms with Gasteiger partial charge in [-0.1, -0.05) is 6.07 Å². The summed E-state index contributed by atoms with van der Waals surface area (Å²) in [5, 5.41) is 0. The monoisotopic (exact) mass is 277 g/mol. The van der Waals surface area contributed by atoms with Crippen LogP contribution >= 0.6 is 11.8 Å².